The van der Waals surface area contributed by atoms with Gasteiger partial charge >= 0.3 is 5.97 Å². The quantitative estimate of drug-likeness (QED) is 0.132. The SMILES string of the molecule is C/C=C1/C[C@@H](CCCCOC(=O)C(C)(C)C)[C@H]2[C@@H]3CC=C4C[C@@H](O[Si](C)(C)C(C)(C)C)CC[C@]4(C)[C@H]3CC[C@]12C. The fourth-order valence-corrected chi connectivity index (χ4v) is 10.5. The summed E-state index contributed by atoms with van der Waals surface area (Å²) in [6.45, 7) is 25.8. The molecule has 0 unspecified atom stereocenters. The Morgan fingerprint density at radius 1 is 1.02 bits per heavy atom. The summed E-state index contributed by atoms with van der Waals surface area (Å²) in [6, 6.07) is 0. The summed E-state index contributed by atoms with van der Waals surface area (Å²) >= 11 is 0. The molecule has 0 aromatic rings. The van der Waals surface area contributed by atoms with E-state index in [1.54, 1.807) is 11.1 Å². The minimum Gasteiger partial charge on any atom is -0.465 e. The minimum atomic E-state index is -1.75. The van der Waals surface area contributed by atoms with Crippen LogP contribution >= 0.6 is 0 Å². The number of ether oxygens (including phenoxy) is 1. The molecule has 0 aromatic heterocycles. The summed E-state index contributed by atoms with van der Waals surface area (Å²) in [5.41, 5.74) is 3.76. The Labute approximate surface area is 248 Å². The number of rotatable bonds is 7. The highest BCUT2D eigenvalue weighted by Gasteiger charge is 2.59. The van der Waals surface area contributed by atoms with Crippen LogP contribution in [0.2, 0.25) is 18.1 Å². The molecule has 4 aliphatic rings. The maximum absolute atomic E-state index is 12.2. The van der Waals surface area contributed by atoms with Crippen molar-refractivity contribution in [1.82, 2.24) is 0 Å². The van der Waals surface area contributed by atoms with Gasteiger partial charge in [-0.15, -0.1) is 0 Å². The number of unbranched alkanes of at least 4 members (excludes halogenated alkanes) is 1. The Kier molecular flexibility index (Phi) is 9.07. The highest BCUT2D eigenvalue weighted by atomic mass is 28.4. The van der Waals surface area contributed by atoms with Gasteiger partial charge < -0.3 is 9.16 Å². The maximum atomic E-state index is 12.2. The number of carbonyl (C=O) groups is 1. The molecule has 3 saturated carbocycles. The third-order valence-electron chi connectivity index (χ3n) is 12.5. The predicted molar refractivity (Wildman–Crippen MR) is 171 cm³/mol. The molecule has 0 aliphatic heterocycles. The standard InChI is InChI=1S/C36H62O3Si/c1-12-26-23-25(15-13-14-22-38-32(37)33(2,3)4)31-29-17-16-27-24-28(39-40(10,11)34(5,6)7)18-20-35(27,8)30(29)19-21-36(26,31)9/h12,16,25,28-31H,13-15,17-24H2,1-11H3/b26-12-/t25-,28+,29-,30+,31+,35+,36-/m1/s1. The van der Waals surface area contributed by atoms with Crippen LogP contribution in [0.25, 0.3) is 0 Å². The number of hydrogen-bond donors (Lipinski definition) is 0. The van der Waals surface area contributed by atoms with E-state index in [9.17, 15) is 4.79 Å². The summed E-state index contributed by atoms with van der Waals surface area (Å²) in [6.07, 6.45) is 17.9. The van der Waals surface area contributed by atoms with Crippen LogP contribution in [-0.4, -0.2) is 27.0 Å². The van der Waals surface area contributed by atoms with Gasteiger partial charge in [0.25, 0.3) is 0 Å². The lowest BCUT2D eigenvalue weighted by Crippen LogP contribution is -2.52. The average Bonchev–Trinajstić information content (AvgIpc) is 3.14. The van der Waals surface area contributed by atoms with Crippen molar-refractivity contribution in [3.8, 4) is 0 Å². The highest BCUT2D eigenvalue weighted by molar-refractivity contribution is 6.74. The summed E-state index contributed by atoms with van der Waals surface area (Å²) in [5, 5.41) is 0.268. The molecule has 228 valence electrons. The lowest BCUT2D eigenvalue weighted by Gasteiger charge is -2.58. The van der Waals surface area contributed by atoms with Crippen LogP contribution in [0, 0.1) is 39.9 Å². The largest absolute Gasteiger partial charge is 0.465 e. The highest BCUT2D eigenvalue weighted by Crippen LogP contribution is 2.68. The van der Waals surface area contributed by atoms with Crippen LogP contribution in [-0.2, 0) is 14.0 Å². The normalized spacial score (nSPS) is 37.4. The average molecular weight is 571 g/mol. The van der Waals surface area contributed by atoms with Gasteiger partial charge in [-0.2, -0.15) is 0 Å². The van der Waals surface area contributed by atoms with E-state index >= 15 is 0 Å². The van der Waals surface area contributed by atoms with E-state index in [-0.39, 0.29) is 11.0 Å². The summed E-state index contributed by atoms with van der Waals surface area (Å²) in [7, 11) is -1.75. The smallest absolute Gasteiger partial charge is 0.311 e. The van der Waals surface area contributed by atoms with Gasteiger partial charge in [-0.25, -0.2) is 0 Å². The van der Waals surface area contributed by atoms with Gasteiger partial charge in [0.1, 0.15) is 0 Å². The van der Waals surface area contributed by atoms with Crippen LogP contribution in [0.5, 0.6) is 0 Å². The van der Waals surface area contributed by atoms with E-state index in [2.05, 4.69) is 66.8 Å². The molecule has 0 spiro atoms. The zero-order valence-electron chi connectivity index (χ0n) is 28.0. The molecule has 0 N–H and O–H groups in total. The molecule has 0 amide bonds. The molecular weight excluding hydrogens is 508 g/mol. The number of carbonyl (C=O) groups excluding carboxylic acids is 1. The van der Waals surface area contributed by atoms with Crippen molar-refractivity contribution >= 4 is 14.3 Å². The van der Waals surface area contributed by atoms with E-state index in [1.807, 2.05) is 20.8 Å². The Balaban J connectivity index is 1.46. The Hall–Kier alpha value is -0.873. The van der Waals surface area contributed by atoms with Gasteiger partial charge in [-0.3, -0.25) is 4.79 Å². The molecular formula is C36H62O3Si. The van der Waals surface area contributed by atoms with Gasteiger partial charge in [0, 0.05) is 6.10 Å². The third-order valence-corrected chi connectivity index (χ3v) is 17.0. The number of fused-ring (bicyclic) bond motifs is 5. The van der Waals surface area contributed by atoms with Crippen molar-refractivity contribution in [1.29, 1.82) is 0 Å². The minimum absolute atomic E-state index is 0.0743. The van der Waals surface area contributed by atoms with E-state index in [0.29, 0.717) is 23.5 Å². The molecule has 0 radical (unpaired) electrons. The summed E-state index contributed by atoms with van der Waals surface area (Å²) in [5.74, 6) is 3.08. The zero-order valence-corrected chi connectivity index (χ0v) is 29.0. The maximum Gasteiger partial charge on any atom is 0.311 e. The van der Waals surface area contributed by atoms with Crippen molar-refractivity contribution in [2.45, 2.75) is 151 Å². The van der Waals surface area contributed by atoms with Crippen molar-refractivity contribution in [2.75, 3.05) is 6.61 Å². The predicted octanol–water partition coefficient (Wildman–Crippen LogP) is 10.3. The van der Waals surface area contributed by atoms with Crippen LogP contribution in [0.4, 0.5) is 0 Å². The third kappa shape index (κ3) is 5.97. The monoisotopic (exact) mass is 570 g/mol. The molecule has 7 atom stereocenters. The topological polar surface area (TPSA) is 35.5 Å². The van der Waals surface area contributed by atoms with Crippen molar-refractivity contribution in [3.63, 3.8) is 0 Å². The van der Waals surface area contributed by atoms with Gasteiger partial charge in [-0.1, -0.05) is 57.9 Å². The lowest BCUT2D eigenvalue weighted by atomic mass is 9.47. The second-order valence-corrected chi connectivity index (χ2v) is 21.8. The first-order chi connectivity index (χ1) is 18.4. The van der Waals surface area contributed by atoms with Crippen LogP contribution < -0.4 is 0 Å². The summed E-state index contributed by atoms with van der Waals surface area (Å²) < 4.78 is 12.6. The van der Waals surface area contributed by atoms with E-state index in [1.165, 1.54) is 44.9 Å². The fourth-order valence-electron chi connectivity index (χ4n) is 9.08. The second-order valence-electron chi connectivity index (χ2n) is 17.0. The molecule has 3 nitrogen and oxygen atoms in total. The molecule has 4 heteroatoms. The molecule has 0 heterocycles. The van der Waals surface area contributed by atoms with Gasteiger partial charge in [0.15, 0.2) is 8.32 Å². The first-order valence-corrected chi connectivity index (χ1v) is 19.5. The molecule has 40 heavy (non-hydrogen) atoms. The first kappa shape index (κ1) is 32.0. The number of hydrogen-bond acceptors (Lipinski definition) is 3. The Morgan fingerprint density at radius 2 is 1.70 bits per heavy atom. The molecule has 0 bridgehead atoms. The van der Waals surface area contributed by atoms with Gasteiger partial charge in [-0.05, 0) is 145 Å². The first-order valence-electron chi connectivity index (χ1n) is 16.6. The number of esters is 1. The molecule has 0 saturated heterocycles. The zero-order chi connectivity index (χ0) is 29.7. The van der Waals surface area contributed by atoms with Crippen molar-refractivity contribution < 1.29 is 14.0 Å². The molecule has 4 aliphatic carbocycles. The Bertz CT molecular complexity index is 994. The lowest BCUT2D eigenvalue weighted by molar-refractivity contribution is -0.153. The summed E-state index contributed by atoms with van der Waals surface area (Å²) in [4.78, 5) is 12.2. The molecule has 0 aromatic carbocycles. The van der Waals surface area contributed by atoms with E-state index in [4.69, 9.17) is 9.16 Å². The molecule has 3 fully saturated rings. The number of allylic oxidation sites excluding steroid dienone is 3. The van der Waals surface area contributed by atoms with E-state index in [0.717, 1.165) is 42.9 Å². The van der Waals surface area contributed by atoms with Gasteiger partial charge in [0.2, 0.25) is 0 Å². The van der Waals surface area contributed by atoms with Crippen LogP contribution in [0.15, 0.2) is 23.3 Å². The molecule has 4 rings (SSSR count). The fraction of sp³-hybridized carbons (Fsp3) is 0.861. The van der Waals surface area contributed by atoms with Crippen LogP contribution in [0.3, 0.4) is 0 Å². The van der Waals surface area contributed by atoms with Crippen molar-refractivity contribution in [2.24, 2.45) is 39.9 Å². The van der Waals surface area contributed by atoms with Gasteiger partial charge in [0.05, 0.1) is 12.0 Å². The second kappa shape index (κ2) is 11.3. The van der Waals surface area contributed by atoms with Crippen LogP contribution in [0.1, 0.15) is 127 Å². The van der Waals surface area contributed by atoms with Crippen molar-refractivity contribution in [3.05, 3.63) is 23.3 Å². The Morgan fingerprint density at radius 3 is 2.33 bits per heavy atom. The van der Waals surface area contributed by atoms with E-state index < -0.39 is 13.7 Å².